The number of ether oxygens (including phenoxy) is 1. The number of esters is 1. The summed E-state index contributed by atoms with van der Waals surface area (Å²) in [4.78, 5) is 11.9. The van der Waals surface area contributed by atoms with E-state index in [1.807, 2.05) is 34.6 Å². The van der Waals surface area contributed by atoms with Gasteiger partial charge < -0.3 is 4.74 Å². The lowest BCUT2D eigenvalue weighted by Crippen LogP contribution is -2.26. The molecule has 0 bridgehead atoms. The maximum Gasteiger partial charge on any atom is 0.310 e. The van der Waals surface area contributed by atoms with Gasteiger partial charge in [-0.05, 0) is 38.2 Å². The minimum absolute atomic E-state index is 0.0762. The molecule has 92 valence electrons. The molecule has 0 heterocycles. The molecular formula is C12H18Cl2O2. The number of carbonyl (C=O) groups is 1. The minimum atomic E-state index is -0.450. The van der Waals surface area contributed by atoms with E-state index >= 15 is 0 Å². The summed E-state index contributed by atoms with van der Waals surface area (Å²) < 4.78 is 5.57. The van der Waals surface area contributed by atoms with Crippen LogP contribution in [0.15, 0.2) is 10.6 Å². The molecule has 0 aliphatic heterocycles. The highest BCUT2D eigenvalue weighted by Gasteiger charge is 2.62. The molecule has 0 aromatic rings. The summed E-state index contributed by atoms with van der Waals surface area (Å²) in [6.07, 6.45) is 1.72. The zero-order chi connectivity index (χ0) is 12.7. The summed E-state index contributed by atoms with van der Waals surface area (Å²) in [5.41, 5.74) is -0.563. The first-order valence-electron chi connectivity index (χ1n) is 5.31. The van der Waals surface area contributed by atoms with Crippen LogP contribution in [-0.2, 0) is 9.53 Å². The van der Waals surface area contributed by atoms with E-state index in [1.54, 1.807) is 6.08 Å². The van der Waals surface area contributed by atoms with Gasteiger partial charge in [-0.15, -0.1) is 0 Å². The summed E-state index contributed by atoms with van der Waals surface area (Å²) in [6.45, 7) is 9.61. The van der Waals surface area contributed by atoms with Crippen molar-refractivity contribution in [1.82, 2.24) is 0 Å². The highest BCUT2D eigenvalue weighted by Crippen LogP contribution is 2.60. The molecule has 1 aliphatic rings. The average Bonchev–Trinajstić information content (AvgIpc) is 2.47. The molecule has 1 saturated carbocycles. The second kappa shape index (κ2) is 4.23. The third-order valence-electron chi connectivity index (χ3n) is 2.88. The quantitative estimate of drug-likeness (QED) is 0.707. The Bertz CT molecular complexity index is 322. The van der Waals surface area contributed by atoms with Crippen molar-refractivity contribution in [3.8, 4) is 0 Å². The predicted octanol–water partition coefficient (Wildman–Crippen LogP) is 3.92. The molecule has 0 radical (unpaired) electrons. The Kier molecular flexibility index (Phi) is 3.66. The molecule has 0 N–H and O–H groups in total. The van der Waals surface area contributed by atoms with Crippen LogP contribution in [0.25, 0.3) is 0 Å². The third kappa shape index (κ3) is 3.14. The van der Waals surface area contributed by atoms with Crippen molar-refractivity contribution >= 4 is 29.2 Å². The molecule has 1 aliphatic carbocycles. The lowest BCUT2D eigenvalue weighted by molar-refractivity contribution is -0.157. The monoisotopic (exact) mass is 264 g/mol. The number of halogens is 2. The molecule has 0 spiro atoms. The smallest absolute Gasteiger partial charge is 0.310 e. The summed E-state index contributed by atoms with van der Waals surface area (Å²) in [5.74, 6) is -0.236. The van der Waals surface area contributed by atoms with Crippen LogP contribution in [0.3, 0.4) is 0 Å². The fourth-order valence-electron chi connectivity index (χ4n) is 1.94. The highest BCUT2D eigenvalue weighted by molar-refractivity contribution is 6.55. The van der Waals surface area contributed by atoms with Crippen LogP contribution >= 0.6 is 23.2 Å². The van der Waals surface area contributed by atoms with Crippen LogP contribution in [-0.4, -0.2) is 11.6 Å². The van der Waals surface area contributed by atoms with Gasteiger partial charge in [0, 0.05) is 0 Å². The molecular weight excluding hydrogens is 247 g/mol. The molecule has 0 aromatic carbocycles. The molecule has 16 heavy (non-hydrogen) atoms. The zero-order valence-corrected chi connectivity index (χ0v) is 11.8. The highest BCUT2D eigenvalue weighted by atomic mass is 35.5. The molecule has 0 unspecified atom stereocenters. The SMILES string of the molecule is CC(C)(C)OC(=O)[C@@H]1[C@H](C=C(Cl)Cl)C1(C)C. The summed E-state index contributed by atoms with van der Waals surface area (Å²) in [7, 11) is 0. The van der Waals surface area contributed by atoms with Gasteiger partial charge in [0.05, 0.1) is 5.92 Å². The Labute approximate surface area is 107 Å². The van der Waals surface area contributed by atoms with Crippen LogP contribution in [0.2, 0.25) is 0 Å². The topological polar surface area (TPSA) is 26.3 Å². The van der Waals surface area contributed by atoms with Gasteiger partial charge >= 0.3 is 5.97 Å². The van der Waals surface area contributed by atoms with Gasteiger partial charge in [-0.1, -0.05) is 37.0 Å². The molecule has 2 atom stereocenters. The zero-order valence-electron chi connectivity index (χ0n) is 10.3. The third-order valence-corrected chi connectivity index (χ3v) is 3.13. The standard InChI is InChI=1S/C12H18Cl2O2/c1-11(2,3)16-10(15)9-7(6-8(13)14)12(9,4)5/h6-7,9H,1-5H3/t7-,9-/m0/s1. The molecule has 4 heteroatoms. The Morgan fingerprint density at radius 1 is 1.31 bits per heavy atom. The number of hydrogen-bond acceptors (Lipinski definition) is 2. The van der Waals surface area contributed by atoms with E-state index in [2.05, 4.69) is 0 Å². The minimum Gasteiger partial charge on any atom is -0.460 e. The van der Waals surface area contributed by atoms with Gasteiger partial charge in [-0.3, -0.25) is 4.79 Å². The van der Waals surface area contributed by atoms with Gasteiger partial charge in [0.15, 0.2) is 0 Å². The van der Waals surface area contributed by atoms with Crippen LogP contribution in [0.4, 0.5) is 0 Å². The van der Waals surface area contributed by atoms with Crippen LogP contribution in [0, 0.1) is 17.3 Å². The van der Waals surface area contributed by atoms with Crippen LogP contribution < -0.4 is 0 Å². The maximum atomic E-state index is 11.9. The van der Waals surface area contributed by atoms with Crippen molar-refractivity contribution in [3.05, 3.63) is 10.6 Å². The van der Waals surface area contributed by atoms with Crippen LogP contribution in [0.5, 0.6) is 0 Å². The van der Waals surface area contributed by atoms with Crippen molar-refractivity contribution in [2.75, 3.05) is 0 Å². The van der Waals surface area contributed by atoms with Gasteiger partial charge in [-0.2, -0.15) is 0 Å². The molecule has 0 aromatic heterocycles. The van der Waals surface area contributed by atoms with Crippen molar-refractivity contribution in [3.63, 3.8) is 0 Å². The van der Waals surface area contributed by atoms with Gasteiger partial charge in [0.2, 0.25) is 0 Å². The number of hydrogen-bond donors (Lipinski definition) is 0. The average molecular weight is 265 g/mol. The Morgan fingerprint density at radius 3 is 2.19 bits per heavy atom. The van der Waals surface area contributed by atoms with E-state index in [-0.39, 0.29) is 27.7 Å². The molecule has 0 amide bonds. The largest absolute Gasteiger partial charge is 0.460 e. The molecule has 0 saturated heterocycles. The maximum absolute atomic E-state index is 11.9. The first kappa shape index (κ1) is 13.9. The lowest BCUT2D eigenvalue weighted by Gasteiger charge is -2.19. The fraction of sp³-hybridized carbons (Fsp3) is 0.750. The van der Waals surface area contributed by atoms with E-state index < -0.39 is 5.60 Å². The van der Waals surface area contributed by atoms with E-state index in [4.69, 9.17) is 27.9 Å². The Hall–Kier alpha value is -0.210. The molecule has 2 nitrogen and oxygen atoms in total. The molecule has 1 rings (SSSR count). The van der Waals surface area contributed by atoms with Crippen molar-refractivity contribution in [2.45, 2.75) is 40.2 Å². The first-order chi connectivity index (χ1) is 7.05. The lowest BCUT2D eigenvalue weighted by atomic mass is 10.1. The summed E-state index contributed by atoms with van der Waals surface area (Å²) >= 11 is 11.2. The van der Waals surface area contributed by atoms with Gasteiger partial charge in [-0.25, -0.2) is 0 Å². The Morgan fingerprint density at radius 2 is 1.81 bits per heavy atom. The number of carbonyl (C=O) groups excluding carboxylic acids is 1. The number of rotatable bonds is 2. The normalized spacial score (nSPS) is 27.2. The van der Waals surface area contributed by atoms with Crippen molar-refractivity contribution in [1.29, 1.82) is 0 Å². The summed E-state index contributed by atoms with van der Waals surface area (Å²) in [5, 5.41) is 0. The summed E-state index contributed by atoms with van der Waals surface area (Å²) in [6, 6.07) is 0. The van der Waals surface area contributed by atoms with E-state index in [0.717, 1.165) is 0 Å². The second-order valence-corrected chi connectivity index (χ2v) is 6.82. The predicted molar refractivity (Wildman–Crippen MR) is 66.4 cm³/mol. The van der Waals surface area contributed by atoms with Crippen LogP contribution in [0.1, 0.15) is 34.6 Å². The van der Waals surface area contributed by atoms with Crippen molar-refractivity contribution in [2.24, 2.45) is 17.3 Å². The Balaban J connectivity index is 2.70. The number of allylic oxidation sites excluding steroid dienone is 1. The van der Waals surface area contributed by atoms with E-state index in [9.17, 15) is 4.79 Å². The van der Waals surface area contributed by atoms with Crippen molar-refractivity contribution < 1.29 is 9.53 Å². The molecule has 1 fully saturated rings. The van der Waals surface area contributed by atoms with Gasteiger partial charge in [0.1, 0.15) is 10.1 Å². The second-order valence-electron chi connectivity index (χ2n) is 5.81. The van der Waals surface area contributed by atoms with E-state index in [1.165, 1.54) is 0 Å². The first-order valence-corrected chi connectivity index (χ1v) is 6.07. The van der Waals surface area contributed by atoms with E-state index in [0.29, 0.717) is 0 Å². The fourth-order valence-corrected chi connectivity index (χ4v) is 2.21. The van der Waals surface area contributed by atoms with Gasteiger partial charge in [0.25, 0.3) is 0 Å².